The number of benzene rings is 4. The van der Waals surface area contributed by atoms with Gasteiger partial charge < -0.3 is 9.55 Å². The fraction of sp³-hybridized carbons (Fsp3) is 0. The summed E-state index contributed by atoms with van der Waals surface area (Å²) in [6, 6.07) is 28.0. The molecular formula is C24H15FN2. The molecule has 2 nitrogen and oxygen atoms in total. The van der Waals surface area contributed by atoms with Gasteiger partial charge in [-0.2, -0.15) is 0 Å². The van der Waals surface area contributed by atoms with Gasteiger partial charge in [0.2, 0.25) is 0 Å². The molecule has 6 aromatic rings. The number of nitrogens with one attached hydrogen (secondary N) is 1. The summed E-state index contributed by atoms with van der Waals surface area (Å²) in [5.74, 6) is -0.185. The average Bonchev–Trinajstić information content (AvgIpc) is 3.24. The van der Waals surface area contributed by atoms with Crippen molar-refractivity contribution < 1.29 is 4.39 Å². The Bertz CT molecular complexity index is 1490. The Balaban J connectivity index is 1.77. The monoisotopic (exact) mass is 350 g/mol. The van der Waals surface area contributed by atoms with Crippen LogP contribution >= 0.6 is 0 Å². The van der Waals surface area contributed by atoms with Crippen LogP contribution in [0.25, 0.3) is 49.3 Å². The van der Waals surface area contributed by atoms with E-state index in [0.29, 0.717) is 5.39 Å². The summed E-state index contributed by atoms with van der Waals surface area (Å²) in [6.45, 7) is 0. The fourth-order valence-electron chi connectivity index (χ4n) is 4.23. The van der Waals surface area contributed by atoms with Crippen molar-refractivity contribution in [3.05, 3.63) is 90.7 Å². The van der Waals surface area contributed by atoms with Crippen molar-refractivity contribution >= 4 is 43.6 Å². The molecule has 0 saturated carbocycles. The first-order chi connectivity index (χ1) is 13.3. The molecule has 128 valence electrons. The second-order valence-electron chi connectivity index (χ2n) is 6.89. The van der Waals surface area contributed by atoms with Crippen LogP contribution in [0.5, 0.6) is 0 Å². The van der Waals surface area contributed by atoms with Crippen LogP contribution in [-0.2, 0) is 0 Å². The fourth-order valence-corrected chi connectivity index (χ4v) is 4.23. The Morgan fingerprint density at radius 2 is 1.37 bits per heavy atom. The van der Waals surface area contributed by atoms with Crippen molar-refractivity contribution in [3.8, 4) is 5.69 Å². The number of para-hydroxylation sites is 2. The Kier molecular flexibility index (Phi) is 2.81. The van der Waals surface area contributed by atoms with Crippen molar-refractivity contribution in [3.63, 3.8) is 0 Å². The van der Waals surface area contributed by atoms with E-state index in [2.05, 4.69) is 45.9 Å². The van der Waals surface area contributed by atoms with Crippen molar-refractivity contribution in [2.75, 3.05) is 0 Å². The molecule has 6 rings (SSSR count). The predicted octanol–water partition coefficient (Wildman–Crippen LogP) is 6.56. The molecule has 2 heterocycles. The van der Waals surface area contributed by atoms with E-state index in [-0.39, 0.29) is 5.82 Å². The third kappa shape index (κ3) is 1.94. The minimum absolute atomic E-state index is 0.185. The number of hydrogen-bond donors (Lipinski definition) is 1. The predicted molar refractivity (Wildman–Crippen MR) is 110 cm³/mol. The van der Waals surface area contributed by atoms with Crippen LogP contribution in [0.4, 0.5) is 4.39 Å². The molecule has 0 saturated heterocycles. The Hall–Kier alpha value is -3.59. The number of nitrogens with zero attached hydrogens (tertiary/aromatic N) is 1. The standard InChI is InChI=1S/C24H15FN2/c25-19-8-5-11-23-24(19)17-7-2-4-10-22(17)27(23)15-12-13-21-18(14-15)16-6-1-3-9-20(16)26-21/h1-14,26H. The molecule has 0 aliphatic carbocycles. The summed E-state index contributed by atoms with van der Waals surface area (Å²) in [7, 11) is 0. The van der Waals surface area contributed by atoms with Gasteiger partial charge in [-0.05, 0) is 42.5 Å². The van der Waals surface area contributed by atoms with E-state index in [9.17, 15) is 4.39 Å². The van der Waals surface area contributed by atoms with Gasteiger partial charge in [0.15, 0.2) is 0 Å². The van der Waals surface area contributed by atoms with Crippen molar-refractivity contribution in [2.24, 2.45) is 0 Å². The smallest absolute Gasteiger partial charge is 0.133 e. The van der Waals surface area contributed by atoms with Crippen LogP contribution in [0.3, 0.4) is 0 Å². The van der Waals surface area contributed by atoms with Gasteiger partial charge in [0.25, 0.3) is 0 Å². The molecule has 0 unspecified atom stereocenters. The van der Waals surface area contributed by atoms with Crippen LogP contribution in [-0.4, -0.2) is 9.55 Å². The molecular weight excluding hydrogens is 335 g/mol. The van der Waals surface area contributed by atoms with Gasteiger partial charge in [0.1, 0.15) is 5.82 Å². The lowest BCUT2D eigenvalue weighted by Gasteiger charge is -2.08. The van der Waals surface area contributed by atoms with Gasteiger partial charge in [-0.3, -0.25) is 0 Å². The molecule has 4 aromatic carbocycles. The maximum absolute atomic E-state index is 14.6. The van der Waals surface area contributed by atoms with E-state index in [1.54, 1.807) is 6.07 Å². The third-order valence-electron chi connectivity index (χ3n) is 5.39. The highest BCUT2D eigenvalue weighted by atomic mass is 19.1. The van der Waals surface area contributed by atoms with Crippen LogP contribution in [0.1, 0.15) is 0 Å². The zero-order valence-electron chi connectivity index (χ0n) is 14.4. The summed E-state index contributed by atoms with van der Waals surface area (Å²) in [4.78, 5) is 3.46. The number of hydrogen-bond acceptors (Lipinski definition) is 0. The number of fused-ring (bicyclic) bond motifs is 6. The molecule has 0 amide bonds. The molecule has 0 bridgehead atoms. The molecule has 3 heteroatoms. The number of H-pyrrole nitrogens is 1. The highest BCUT2D eigenvalue weighted by Crippen LogP contribution is 2.35. The maximum atomic E-state index is 14.6. The molecule has 0 aliphatic heterocycles. The number of rotatable bonds is 1. The van der Waals surface area contributed by atoms with Crippen LogP contribution in [0, 0.1) is 5.82 Å². The number of aromatic nitrogens is 2. The van der Waals surface area contributed by atoms with Gasteiger partial charge in [0, 0.05) is 38.3 Å². The average molecular weight is 350 g/mol. The maximum Gasteiger partial charge on any atom is 0.133 e. The van der Waals surface area contributed by atoms with E-state index >= 15 is 0 Å². The summed E-state index contributed by atoms with van der Waals surface area (Å²) in [5, 5.41) is 3.98. The topological polar surface area (TPSA) is 20.7 Å². The summed E-state index contributed by atoms with van der Waals surface area (Å²) in [5.41, 5.74) is 5.15. The van der Waals surface area contributed by atoms with E-state index in [0.717, 1.165) is 33.1 Å². The van der Waals surface area contributed by atoms with Gasteiger partial charge in [-0.25, -0.2) is 4.39 Å². The first-order valence-electron chi connectivity index (χ1n) is 9.00. The molecule has 0 spiro atoms. The van der Waals surface area contributed by atoms with E-state index in [1.807, 2.05) is 36.4 Å². The summed E-state index contributed by atoms with van der Waals surface area (Å²) in [6.07, 6.45) is 0. The lowest BCUT2D eigenvalue weighted by atomic mass is 10.1. The second kappa shape index (κ2) is 5.21. The van der Waals surface area contributed by atoms with Gasteiger partial charge in [0.05, 0.1) is 11.0 Å². The largest absolute Gasteiger partial charge is 0.355 e. The van der Waals surface area contributed by atoms with Crippen molar-refractivity contribution in [2.45, 2.75) is 0 Å². The molecule has 2 aromatic heterocycles. The van der Waals surface area contributed by atoms with Gasteiger partial charge >= 0.3 is 0 Å². The van der Waals surface area contributed by atoms with E-state index < -0.39 is 0 Å². The van der Waals surface area contributed by atoms with Crippen LogP contribution in [0.2, 0.25) is 0 Å². The lowest BCUT2D eigenvalue weighted by molar-refractivity contribution is 0.640. The highest BCUT2D eigenvalue weighted by Gasteiger charge is 2.15. The first kappa shape index (κ1) is 14.6. The van der Waals surface area contributed by atoms with E-state index in [4.69, 9.17) is 0 Å². The molecule has 0 radical (unpaired) electrons. The second-order valence-corrected chi connectivity index (χ2v) is 6.89. The molecule has 0 fully saturated rings. The lowest BCUT2D eigenvalue weighted by Crippen LogP contribution is -1.93. The third-order valence-corrected chi connectivity index (χ3v) is 5.39. The molecule has 0 aliphatic rings. The van der Waals surface area contributed by atoms with Crippen molar-refractivity contribution in [1.82, 2.24) is 9.55 Å². The molecule has 1 N–H and O–H groups in total. The summed E-state index contributed by atoms with van der Waals surface area (Å²) < 4.78 is 16.8. The van der Waals surface area contributed by atoms with E-state index in [1.165, 1.54) is 16.8 Å². The van der Waals surface area contributed by atoms with Crippen molar-refractivity contribution in [1.29, 1.82) is 0 Å². The Labute approximate surface area is 154 Å². The normalized spacial score (nSPS) is 11.9. The zero-order valence-corrected chi connectivity index (χ0v) is 14.4. The quantitative estimate of drug-likeness (QED) is 0.347. The number of halogens is 1. The van der Waals surface area contributed by atoms with Crippen LogP contribution < -0.4 is 0 Å². The Morgan fingerprint density at radius 3 is 2.30 bits per heavy atom. The van der Waals surface area contributed by atoms with Gasteiger partial charge in [-0.15, -0.1) is 0 Å². The van der Waals surface area contributed by atoms with Crippen LogP contribution in [0.15, 0.2) is 84.9 Å². The molecule has 27 heavy (non-hydrogen) atoms. The molecule has 0 atom stereocenters. The SMILES string of the molecule is Fc1cccc2c1c1ccccc1n2-c1ccc2[nH]c3ccccc3c2c1. The van der Waals surface area contributed by atoms with Gasteiger partial charge in [-0.1, -0.05) is 42.5 Å². The number of aromatic amines is 1. The minimum Gasteiger partial charge on any atom is -0.355 e. The zero-order chi connectivity index (χ0) is 18.0. The Morgan fingerprint density at radius 1 is 0.630 bits per heavy atom. The highest BCUT2D eigenvalue weighted by molar-refractivity contribution is 6.11. The minimum atomic E-state index is -0.185. The first-order valence-corrected chi connectivity index (χ1v) is 9.00. The summed E-state index contributed by atoms with van der Waals surface area (Å²) >= 11 is 0.